The van der Waals surface area contributed by atoms with Gasteiger partial charge < -0.3 is 5.32 Å². The van der Waals surface area contributed by atoms with Crippen LogP contribution in [0.4, 0.5) is 14.5 Å². The second kappa shape index (κ2) is 3.63. The Morgan fingerprint density at radius 1 is 0.944 bits per heavy atom. The minimum atomic E-state index is -3.44. The van der Waals surface area contributed by atoms with E-state index in [1.807, 2.05) is 30.3 Å². The van der Waals surface area contributed by atoms with Crippen molar-refractivity contribution in [1.82, 2.24) is 0 Å². The van der Waals surface area contributed by atoms with Crippen LogP contribution in [0.5, 0.6) is 0 Å². The van der Waals surface area contributed by atoms with Crippen LogP contribution >= 0.6 is 0 Å². The molecular formula is C14H9F2NO. The van der Waals surface area contributed by atoms with Gasteiger partial charge in [-0.3, -0.25) is 4.79 Å². The summed E-state index contributed by atoms with van der Waals surface area (Å²) >= 11 is 0. The summed E-state index contributed by atoms with van der Waals surface area (Å²) < 4.78 is 27.2. The van der Waals surface area contributed by atoms with Crippen molar-refractivity contribution in [1.29, 1.82) is 0 Å². The quantitative estimate of drug-likeness (QED) is 0.819. The van der Waals surface area contributed by atoms with Gasteiger partial charge in [0.1, 0.15) is 0 Å². The van der Waals surface area contributed by atoms with E-state index in [0.29, 0.717) is 5.56 Å². The van der Waals surface area contributed by atoms with E-state index in [-0.39, 0.29) is 11.3 Å². The van der Waals surface area contributed by atoms with E-state index in [2.05, 4.69) is 5.32 Å². The second-order valence-electron chi connectivity index (χ2n) is 4.12. The van der Waals surface area contributed by atoms with Crippen LogP contribution < -0.4 is 5.32 Å². The van der Waals surface area contributed by atoms with Crippen molar-refractivity contribution >= 4 is 11.6 Å². The third-order valence-electron chi connectivity index (χ3n) is 3.01. The highest BCUT2D eigenvalue weighted by atomic mass is 19.3. The van der Waals surface area contributed by atoms with Crippen molar-refractivity contribution < 1.29 is 13.6 Å². The first kappa shape index (κ1) is 10.9. The third kappa shape index (κ3) is 1.42. The average molecular weight is 245 g/mol. The van der Waals surface area contributed by atoms with Gasteiger partial charge in [-0.2, -0.15) is 8.78 Å². The van der Waals surface area contributed by atoms with Crippen LogP contribution in [0.3, 0.4) is 0 Å². The number of fused-ring (bicyclic) bond motifs is 1. The van der Waals surface area contributed by atoms with E-state index in [1.54, 1.807) is 6.07 Å². The molecule has 0 aromatic heterocycles. The van der Waals surface area contributed by atoms with E-state index in [1.165, 1.54) is 12.1 Å². The number of carbonyl (C=O) groups excluding carboxylic acids is 1. The number of rotatable bonds is 1. The molecule has 18 heavy (non-hydrogen) atoms. The van der Waals surface area contributed by atoms with Crippen LogP contribution in [0.25, 0.3) is 11.1 Å². The van der Waals surface area contributed by atoms with Crippen molar-refractivity contribution in [2.45, 2.75) is 5.92 Å². The Bertz CT molecular complexity index is 623. The molecule has 0 unspecified atom stereocenters. The molecule has 1 aliphatic heterocycles. The van der Waals surface area contributed by atoms with Crippen LogP contribution in [0.1, 0.15) is 5.56 Å². The highest BCUT2D eigenvalue weighted by Gasteiger charge is 2.48. The number of amides is 1. The standard InChI is InChI=1S/C14H9F2NO/c15-14(16)11-8-4-7-10(12(11)17-13(14)18)9-5-2-1-3-6-9/h1-8H,(H,17,18). The first-order chi connectivity index (χ1) is 8.60. The molecule has 3 rings (SSSR count). The van der Waals surface area contributed by atoms with Crippen LogP contribution in [-0.2, 0) is 10.7 Å². The molecule has 90 valence electrons. The molecule has 0 spiro atoms. The van der Waals surface area contributed by atoms with Gasteiger partial charge in [0.05, 0.1) is 11.3 Å². The van der Waals surface area contributed by atoms with Crippen molar-refractivity contribution in [3.8, 4) is 11.1 Å². The predicted molar refractivity (Wildman–Crippen MR) is 64.4 cm³/mol. The number of anilines is 1. The molecule has 0 atom stereocenters. The highest BCUT2D eigenvalue weighted by molar-refractivity contribution is 6.07. The maximum atomic E-state index is 13.6. The topological polar surface area (TPSA) is 29.1 Å². The molecule has 0 radical (unpaired) electrons. The highest BCUT2D eigenvalue weighted by Crippen LogP contribution is 2.44. The molecule has 0 saturated heterocycles. The Labute approximate surface area is 102 Å². The van der Waals surface area contributed by atoms with Gasteiger partial charge in [0.2, 0.25) is 0 Å². The van der Waals surface area contributed by atoms with Gasteiger partial charge in [0.15, 0.2) is 0 Å². The Hall–Kier alpha value is -2.23. The zero-order chi connectivity index (χ0) is 12.8. The van der Waals surface area contributed by atoms with Gasteiger partial charge in [0, 0.05) is 5.56 Å². The lowest BCUT2D eigenvalue weighted by Gasteiger charge is -2.09. The Morgan fingerprint density at radius 2 is 1.67 bits per heavy atom. The van der Waals surface area contributed by atoms with Crippen LogP contribution in [0.15, 0.2) is 48.5 Å². The molecule has 1 amide bonds. The van der Waals surface area contributed by atoms with Crippen molar-refractivity contribution in [2.75, 3.05) is 5.32 Å². The summed E-state index contributed by atoms with van der Waals surface area (Å²) in [5.41, 5.74) is 1.36. The number of hydrogen-bond acceptors (Lipinski definition) is 1. The van der Waals surface area contributed by atoms with Crippen LogP contribution in [-0.4, -0.2) is 5.91 Å². The number of benzene rings is 2. The van der Waals surface area contributed by atoms with E-state index in [4.69, 9.17) is 0 Å². The molecule has 1 aliphatic rings. The number of carbonyl (C=O) groups is 1. The Kier molecular flexibility index (Phi) is 2.20. The third-order valence-corrected chi connectivity index (χ3v) is 3.01. The number of nitrogens with one attached hydrogen (secondary N) is 1. The molecule has 0 fully saturated rings. The van der Waals surface area contributed by atoms with Gasteiger partial charge in [-0.1, -0.05) is 48.5 Å². The van der Waals surface area contributed by atoms with Crippen LogP contribution in [0, 0.1) is 0 Å². The Morgan fingerprint density at radius 3 is 2.39 bits per heavy atom. The molecule has 2 nitrogen and oxygen atoms in total. The first-order valence-electron chi connectivity index (χ1n) is 5.49. The molecule has 2 aromatic rings. The monoisotopic (exact) mass is 245 g/mol. The number of para-hydroxylation sites is 1. The number of hydrogen-bond donors (Lipinski definition) is 1. The van der Waals surface area contributed by atoms with E-state index in [9.17, 15) is 13.6 Å². The summed E-state index contributed by atoms with van der Waals surface area (Å²) in [4.78, 5) is 11.3. The SMILES string of the molecule is O=C1Nc2c(-c3ccccc3)cccc2C1(F)F. The molecule has 0 saturated carbocycles. The smallest absolute Gasteiger partial charge is 0.319 e. The number of alkyl halides is 2. The van der Waals surface area contributed by atoms with Crippen molar-refractivity contribution in [3.05, 3.63) is 54.1 Å². The van der Waals surface area contributed by atoms with Crippen LogP contribution in [0.2, 0.25) is 0 Å². The first-order valence-corrected chi connectivity index (χ1v) is 5.49. The summed E-state index contributed by atoms with van der Waals surface area (Å²) in [5.74, 6) is -4.71. The van der Waals surface area contributed by atoms with Crippen molar-refractivity contribution in [3.63, 3.8) is 0 Å². The maximum absolute atomic E-state index is 13.6. The zero-order valence-electron chi connectivity index (χ0n) is 9.28. The van der Waals surface area contributed by atoms with Gasteiger partial charge >= 0.3 is 5.92 Å². The minimum Gasteiger partial charge on any atom is -0.319 e. The van der Waals surface area contributed by atoms with E-state index >= 15 is 0 Å². The largest absolute Gasteiger partial charge is 0.352 e. The summed E-state index contributed by atoms with van der Waals surface area (Å²) in [6.07, 6.45) is 0. The summed E-state index contributed by atoms with van der Waals surface area (Å²) in [6, 6.07) is 13.7. The molecule has 2 aromatic carbocycles. The molecular weight excluding hydrogens is 236 g/mol. The fraction of sp³-hybridized carbons (Fsp3) is 0.0714. The fourth-order valence-corrected chi connectivity index (χ4v) is 2.12. The van der Waals surface area contributed by atoms with Gasteiger partial charge in [-0.05, 0) is 5.56 Å². The summed E-state index contributed by atoms with van der Waals surface area (Å²) in [6.45, 7) is 0. The normalized spacial score (nSPS) is 16.2. The lowest BCUT2D eigenvalue weighted by Crippen LogP contribution is -2.23. The van der Waals surface area contributed by atoms with E-state index < -0.39 is 11.8 Å². The average Bonchev–Trinajstić information content (AvgIpc) is 2.62. The van der Waals surface area contributed by atoms with Crippen molar-refractivity contribution in [2.24, 2.45) is 0 Å². The molecule has 4 heteroatoms. The Balaban J connectivity index is 2.22. The second-order valence-corrected chi connectivity index (χ2v) is 4.12. The lowest BCUT2D eigenvalue weighted by molar-refractivity contribution is -0.139. The summed E-state index contributed by atoms with van der Waals surface area (Å²) in [5, 5.41) is 2.27. The lowest BCUT2D eigenvalue weighted by atomic mass is 10.00. The van der Waals surface area contributed by atoms with E-state index in [0.717, 1.165) is 5.56 Å². The molecule has 1 N–H and O–H groups in total. The molecule has 1 heterocycles. The fourth-order valence-electron chi connectivity index (χ4n) is 2.12. The maximum Gasteiger partial charge on any atom is 0.352 e. The predicted octanol–water partition coefficient (Wildman–Crippen LogP) is 3.40. The van der Waals surface area contributed by atoms with Gasteiger partial charge in [0.25, 0.3) is 5.91 Å². The molecule has 0 aliphatic carbocycles. The zero-order valence-corrected chi connectivity index (χ0v) is 9.28. The minimum absolute atomic E-state index is 0.207. The van der Waals surface area contributed by atoms with Gasteiger partial charge in [-0.15, -0.1) is 0 Å². The summed E-state index contributed by atoms with van der Waals surface area (Å²) in [7, 11) is 0. The molecule has 0 bridgehead atoms. The van der Waals surface area contributed by atoms with Gasteiger partial charge in [-0.25, -0.2) is 0 Å². The number of halogens is 2.